The van der Waals surface area contributed by atoms with E-state index in [0.29, 0.717) is 0 Å². The highest BCUT2D eigenvalue weighted by Crippen LogP contribution is 2.29. The topological polar surface area (TPSA) is 24.9 Å². The van der Waals surface area contributed by atoms with E-state index in [1.807, 2.05) is 5.51 Å². The Bertz CT molecular complexity index is 359. The zero-order chi connectivity index (χ0) is 13.0. The van der Waals surface area contributed by atoms with Crippen LogP contribution in [-0.4, -0.2) is 11.0 Å². The minimum Gasteiger partial charge on any atom is -0.309 e. The molecule has 1 fully saturated rings. The zero-order valence-electron chi connectivity index (χ0n) is 11.9. The molecular weight excluding hydrogens is 240 g/mol. The number of hydrogen-bond donors (Lipinski definition) is 1. The predicted octanol–water partition coefficient (Wildman–Crippen LogP) is 4.15. The van der Waals surface area contributed by atoms with Gasteiger partial charge in [0.15, 0.2) is 0 Å². The maximum Gasteiger partial charge on any atom is 0.0798 e. The Morgan fingerprint density at radius 1 is 1.44 bits per heavy atom. The first-order valence-corrected chi connectivity index (χ1v) is 8.15. The summed E-state index contributed by atoms with van der Waals surface area (Å²) in [6, 6.07) is 0.726. The van der Waals surface area contributed by atoms with Crippen LogP contribution in [0, 0.1) is 18.8 Å². The van der Waals surface area contributed by atoms with Crippen LogP contribution in [0.15, 0.2) is 5.51 Å². The van der Waals surface area contributed by atoms with Crippen molar-refractivity contribution in [1.82, 2.24) is 10.3 Å². The Labute approximate surface area is 115 Å². The van der Waals surface area contributed by atoms with Gasteiger partial charge in [0.25, 0.3) is 0 Å². The fraction of sp³-hybridized carbons (Fsp3) is 0.800. The highest BCUT2D eigenvalue weighted by atomic mass is 32.1. The third kappa shape index (κ3) is 4.06. The zero-order valence-corrected chi connectivity index (χ0v) is 12.7. The van der Waals surface area contributed by atoms with Crippen LogP contribution in [0.2, 0.25) is 0 Å². The van der Waals surface area contributed by atoms with Gasteiger partial charge in [-0.15, -0.1) is 11.3 Å². The molecule has 102 valence electrons. The van der Waals surface area contributed by atoms with E-state index in [2.05, 4.69) is 31.1 Å². The number of nitrogens with zero attached hydrogens (tertiary/aromatic N) is 1. The van der Waals surface area contributed by atoms with Crippen molar-refractivity contribution in [2.24, 2.45) is 11.8 Å². The molecule has 1 saturated carbocycles. The fourth-order valence-corrected chi connectivity index (χ4v) is 3.82. The van der Waals surface area contributed by atoms with Gasteiger partial charge in [0.2, 0.25) is 0 Å². The van der Waals surface area contributed by atoms with Crippen molar-refractivity contribution in [2.75, 3.05) is 0 Å². The number of thiazole rings is 1. The van der Waals surface area contributed by atoms with Crippen molar-refractivity contribution in [3.8, 4) is 0 Å². The lowest BCUT2D eigenvalue weighted by Crippen LogP contribution is -2.34. The summed E-state index contributed by atoms with van der Waals surface area (Å²) in [6.45, 7) is 7.81. The molecule has 1 heterocycles. The van der Waals surface area contributed by atoms with Crippen LogP contribution < -0.4 is 5.32 Å². The predicted molar refractivity (Wildman–Crippen MR) is 78.9 cm³/mol. The Kier molecular flexibility index (Phi) is 5.19. The minimum absolute atomic E-state index is 0.726. The Morgan fingerprint density at radius 3 is 2.94 bits per heavy atom. The largest absolute Gasteiger partial charge is 0.309 e. The van der Waals surface area contributed by atoms with Gasteiger partial charge in [-0.25, -0.2) is 4.98 Å². The van der Waals surface area contributed by atoms with Crippen LogP contribution in [0.3, 0.4) is 0 Å². The summed E-state index contributed by atoms with van der Waals surface area (Å²) in [5, 5.41) is 3.74. The van der Waals surface area contributed by atoms with Crippen LogP contribution in [0.25, 0.3) is 0 Å². The molecule has 1 N–H and O–H groups in total. The molecule has 2 nitrogen and oxygen atoms in total. The first kappa shape index (κ1) is 14.0. The minimum atomic E-state index is 0.726. The number of rotatable bonds is 5. The highest BCUT2D eigenvalue weighted by Gasteiger charge is 2.22. The van der Waals surface area contributed by atoms with Crippen molar-refractivity contribution in [3.05, 3.63) is 16.1 Å². The third-order valence-corrected chi connectivity index (χ3v) is 4.92. The van der Waals surface area contributed by atoms with E-state index in [9.17, 15) is 0 Å². The lowest BCUT2D eigenvalue weighted by Gasteiger charge is -2.30. The van der Waals surface area contributed by atoms with Crippen LogP contribution in [0.1, 0.15) is 56.5 Å². The average Bonchev–Trinajstić information content (AvgIpc) is 2.72. The van der Waals surface area contributed by atoms with E-state index >= 15 is 0 Å². The Balaban J connectivity index is 1.77. The van der Waals surface area contributed by atoms with Crippen LogP contribution in [0.5, 0.6) is 0 Å². The van der Waals surface area contributed by atoms with E-state index in [0.717, 1.165) is 24.4 Å². The smallest absolute Gasteiger partial charge is 0.0798 e. The van der Waals surface area contributed by atoms with Gasteiger partial charge >= 0.3 is 0 Å². The van der Waals surface area contributed by atoms with Gasteiger partial charge in [0, 0.05) is 17.5 Å². The van der Waals surface area contributed by atoms with Crippen molar-refractivity contribution in [1.29, 1.82) is 0 Å². The van der Waals surface area contributed by atoms with Gasteiger partial charge in [-0.05, 0) is 38.0 Å². The van der Waals surface area contributed by atoms with E-state index in [1.165, 1.54) is 42.7 Å². The quantitative estimate of drug-likeness (QED) is 0.866. The second-order valence-corrected chi connectivity index (χ2v) is 7.04. The third-order valence-electron chi connectivity index (χ3n) is 3.98. The second-order valence-electron chi connectivity index (χ2n) is 6.10. The Morgan fingerprint density at radius 2 is 2.28 bits per heavy atom. The molecule has 0 amide bonds. The maximum atomic E-state index is 4.31. The van der Waals surface area contributed by atoms with E-state index in [1.54, 1.807) is 11.3 Å². The molecule has 2 unspecified atom stereocenters. The molecule has 0 bridgehead atoms. The summed E-state index contributed by atoms with van der Waals surface area (Å²) >= 11 is 1.78. The molecule has 0 saturated heterocycles. The molecule has 2 rings (SSSR count). The van der Waals surface area contributed by atoms with Gasteiger partial charge in [-0.2, -0.15) is 0 Å². The molecule has 1 aromatic rings. The van der Waals surface area contributed by atoms with Crippen LogP contribution in [0.4, 0.5) is 0 Å². The van der Waals surface area contributed by atoms with Crippen molar-refractivity contribution in [3.63, 3.8) is 0 Å². The van der Waals surface area contributed by atoms with Crippen LogP contribution >= 0.6 is 11.3 Å². The standard InChI is InChI=1S/C15H26N2S/c1-11(2)7-13-5-4-6-14(8-13)16-9-15-12(3)17-10-18-15/h10-11,13-14,16H,4-9H2,1-3H3. The molecule has 3 heteroatoms. The number of aryl methyl sites for hydroxylation is 1. The van der Waals surface area contributed by atoms with E-state index in [4.69, 9.17) is 0 Å². The van der Waals surface area contributed by atoms with Gasteiger partial charge in [0.1, 0.15) is 0 Å². The first-order valence-electron chi connectivity index (χ1n) is 7.27. The number of nitrogens with one attached hydrogen (secondary N) is 1. The maximum absolute atomic E-state index is 4.31. The molecule has 1 aliphatic rings. The monoisotopic (exact) mass is 266 g/mol. The van der Waals surface area contributed by atoms with Gasteiger partial charge < -0.3 is 5.32 Å². The summed E-state index contributed by atoms with van der Waals surface area (Å²) in [6.07, 6.45) is 6.97. The Hall–Kier alpha value is -0.410. The van der Waals surface area contributed by atoms with Crippen molar-refractivity contribution < 1.29 is 0 Å². The first-order chi connectivity index (χ1) is 8.65. The number of hydrogen-bond acceptors (Lipinski definition) is 3. The van der Waals surface area contributed by atoms with Gasteiger partial charge in [-0.3, -0.25) is 0 Å². The van der Waals surface area contributed by atoms with Crippen molar-refractivity contribution in [2.45, 2.75) is 65.5 Å². The van der Waals surface area contributed by atoms with Crippen LogP contribution in [-0.2, 0) is 6.54 Å². The normalized spacial score (nSPS) is 24.7. The lowest BCUT2D eigenvalue weighted by molar-refractivity contribution is 0.252. The average molecular weight is 266 g/mol. The molecular formula is C15H26N2S. The molecule has 0 radical (unpaired) electrons. The fourth-order valence-electron chi connectivity index (χ4n) is 3.09. The summed E-state index contributed by atoms with van der Waals surface area (Å²) in [5.41, 5.74) is 3.15. The summed E-state index contributed by atoms with van der Waals surface area (Å²) in [4.78, 5) is 5.72. The lowest BCUT2D eigenvalue weighted by atomic mass is 9.81. The number of aromatic nitrogens is 1. The summed E-state index contributed by atoms with van der Waals surface area (Å²) < 4.78 is 0. The molecule has 0 spiro atoms. The summed E-state index contributed by atoms with van der Waals surface area (Å²) in [7, 11) is 0. The molecule has 2 atom stereocenters. The molecule has 0 aromatic carbocycles. The SMILES string of the molecule is Cc1ncsc1CNC1CCCC(CC(C)C)C1. The molecule has 18 heavy (non-hydrogen) atoms. The van der Waals surface area contributed by atoms with Gasteiger partial charge in [-0.1, -0.05) is 26.7 Å². The van der Waals surface area contributed by atoms with Gasteiger partial charge in [0.05, 0.1) is 11.2 Å². The highest BCUT2D eigenvalue weighted by molar-refractivity contribution is 7.09. The summed E-state index contributed by atoms with van der Waals surface area (Å²) in [5.74, 6) is 1.79. The van der Waals surface area contributed by atoms with Crippen molar-refractivity contribution >= 4 is 11.3 Å². The molecule has 1 aromatic heterocycles. The second kappa shape index (κ2) is 6.67. The van der Waals surface area contributed by atoms with E-state index in [-0.39, 0.29) is 0 Å². The van der Waals surface area contributed by atoms with E-state index < -0.39 is 0 Å². The molecule has 0 aliphatic heterocycles. The molecule has 1 aliphatic carbocycles.